The van der Waals surface area contributed by atoms with Crippen molar-refractivity contribution in [2.75, 3.05) is 67.6 Å². The summed E-state index contributed by atoms with van der Waals surface area (Å²) < 4.78 is 62.3. The van der Waals surface area contributed by atoms with Crippen LogP contribution in [0.25, 0.3) is 11.1 Å². The number of fused-ring (bicyclic) bond motifs is 1. The summed E-state index contributed by atoms with van der Waals surface area (Å²) in [5.41, 5.74) is -2.17. The van der Waals surface area contributed by atoms with Crippen LogP contribution in [0.3, 0.4) is 0 Å². The maximum absolute atomic E-state index is 15.8. The molecule has 3 fully saturated rings. The van der Waals surface area contributed by atoms with Gasteiger partial charge in [0, 0.05) is 68.0 Å². The van der Waals surface area contributed by atoms with Crippen molar-refractivity contribution < 1.29 is 27.1 Å². The van der Waals surface area contributed by atoms with Gasteiger partial charge in [-0.15, -0.1) is 0 Å². The smallest absolute Gasteiger partial charge is 0.378 e. The lowest BCUT2D eigenvalue weighted by atomic mass is 10.0. The number of ether oxygens (including phenoxy) is 1. The molecule has 0 radical (unpaired) electrons. The molecule has 0 aliphatic carbocycles. The number of alkyl halides is 3. The van der Waals surface area contributed by atoms with Crippen molar-refractivity contribution in [1.82, 2.24) is 19.9 Å². The molecule has 1 aromatic carbocycles. The number of carbonyl (C=O) groups excluding carboxylic acids is 1. The molecule has 2 atom stereocenters. The van der Waals surface area contributed by atoms with Crippen LogP contribution in [0.15, 0.2) is 41.6 Å². The summed E-state index contributed by atoms with van der Waals surface area (Å²) in [7, 11) is 0. The van der Waals surface area contributed by atoms with Gasteiger partial charge in [-0.25, -0.2) is 14.4 Å². The molecule has 2 unspecified atom stereocenters. The number of nitrogens with one attached hydrogen (secondary N) is 2. The lowest BCUT2D eigenvalue weighted by Gasteiger charge is -2.27. The van der Waals surface area contributed by atoms with Gasteiger partial charge in [-0.3, -0.25) is 14.5 Å². The first kappa shape index (κ1) is 29.1. The van der Waals surface area contributed by atoms with Crippen molar-refractivity contribution in [3.63, 3.8) is 0 Å². The normalized spacial score (nSPS) is 20.9. The van der Waals surface area contributed by atoms with E-state index >= 15 is 4.39 Å². The molecule has 228 valence electrons. The van der Waals surface area contributed by atoms with E-state index < -0.39 is 34.6 Å². The molecule has 3 aliphatic heterocycles. The molecule has 0 saturated carbocycles. The first-order valence-electron chi connectivity index (χ1n) is 14.2. The molecule has 3 aliphatic rings. The fourth-order valence-corrected chi connectivity index (χ4v) is 6.25. The first-order chi connectivity index (χ1) is 20.6. The number of aromatic nitrogens is 3. The number of morpholine rings is 1. The number of hydrogen-bond donors (Lipinski definition) is 2. The fraction of sp³-hybridized carbons (Fsp3) is 0.448. The number of benzene rings is 1. The Morgan fingerprint density at radius 1 is 1.09 bits per heavy atom. The lowest BCUT2D eigenvalue weighted by molar-refractivity contribution is -0.138. The zero-order valence-corrected chi connectivity index (χ0v) is 23.5. The number of aromatic amines is 1. The van der Waals surface area contributed by atoms with Crippen LogP contribution < -0.4 is 20.7 Å². The Labute approximate surface area is 244 Å². The highest BCUT2D eigenvalue weighted by Crippen LogP contribution is 2.40. The number of H-pyrrole nitrogens is 1. The third-order valence-corrected chi connectivity index (χ3v) is 8.46. The van der Waals surface area contributed by atoms with Crippen LogP contribution in [0, 0.1) is 11.7 Å². The number of pyridine rings is 1. The van der Waals surface area contributed by atoms with E-state index in [2.05, 4.69) is 32.1 Å². The highest BCUT2D eigenvalue weighted by atomic mass is 19.4. The van der Waals surface area contributed by atoms with Crippen LogP contribution in [-0.4, -0.2) is 84.3 Å². The fourth-order valence-electron chi connectivity index (χ4n) is 6.25. The summed E-state index contributed by atoms with van der Waals surface area (Å²) >= 11 is 0. The molecule has 3 aromatic rings. The Bertz CT molecular complexity index is 1560. The molecule has 10 nitrogen and oxygen atoms in total. The molecule has 43 heavy (non-hydrogen) atoms. The number of hydrogen-bond acceptors (Lipinski definition) is 8. The van der Waals surface area contributed by atoms with E-state index in [0.29, 0.717) is 68.6 Å². The van der Waals surface area contributed by atoms with Gasteiger partial charge in [0.25, 0.3) is 5.91 Å². The van der Waals surface area contributed by atoms with Gasteiger partial charge >= 0.3 is 6.18 Å². The average Bonchev–Trinajstić information content (AvgIpc) is 3.59. The van der Waals surface area contributed by atoms with Crippen molar-refractivity contribution in [1.29, 1.82) is 0 Å². The zero-order valence-electron chi connectivity index (χ0n) is 23.5. The first-order valence-corrected chi connectivity index (χ1v) is 14.2. The molecule has 3 saturated heterocycles. The van der Waals surface area contributed by atoms with Crippen LogP contribution in [0.2, 0.25) is 0 Å². The van der Waals surface area contributed by atoms with Crippen molar-refractivity contribution in [3.05, 3.63) is 64.1 Å². The van der Waals surface area contributed by atoms with Gasteiger partial charge in [-0.2, -0.15) is 13.2 Å². The van der Waals surface area contributed by atoms with E-state index in [1.807, 2.05) is 9.80 Å². The molecule has 1 amide bonds. The topological polar surface area (TPSA) is 107 Å². The molecule has 5 heterocycles. The summed E-state index contributed by atoms with van der Waals surface area (Å²) in [6.45, 7) is 7.47. The van der Waals surface area contributed by atoms with Crippen molar-refractivity contribution in [2.45, 2.75) is 25.6 Å². The van der Waals surface area contributed by atoms with E-state index in [-0.39, 0.29) is 17.3 Å². The quantitative estimate of drug-likeness (QED) is 0.413. The maximum Gasteiger partial charge on any atom is 0.417 e. The standard InChI is InChI=1S/C29H31F4N7O3/c1-2-38-4-3-17-15-40(16-25(17)38)24-11-22(30)19(18-12-35-28(36-13-18)39-5-7-43-8-6-39)9-23(24)37-27(42)20-14-34-26(41)10-21(20)29(31,32)33/h9-14,17,25H,2-8,15-16H2,1H3,(H,34,41)(H,37,42). The van der Waals surface area contributed by atoms with E-state index in [9.17, 15) is 22.8 Å². The van der Waals surface area contributed by atoms with Crippen molar-refractivity contribution >= 4 is 23.2 Å². The monoisotopic (exact) mass is 601 g/mol. The summed E-state index contributed by atoms with van der Waals surface area (Å²) in [6.07, 6.45) is -0.263. The maximum atomic E-state index is 15.8. The number of likely N-dealkylation sites (N-methyl/N-ethyl adjacent to an activating group) is 1. The van der Waals surface area contributed by atoms with Crippen LogP contribution in [0.4, 0.5) is 34.9 Å². The molecule has 0 spiro atoms. The Kier molecular flexibility index (Phi) is 7.81. The molecule has 14 heteroatoms. The molecule has 6 rings (SSSR count). The van der Waals surface area contributed by atoms with Crippen molar-refractivity contribution in [3.8, 4) is 11.1 Å². The second-order valence-electron chi connectivity index (χ2n) is 10.9. The number of halogens is 4. The Hall–Kier alpha value is -4.04. The van der Waals surface area contributed by atoms with Crippen molar-refractivity contribution in [2.24, 2.45) is 5.92 Å². The minimum absolute atomic E-state index is 0.0830. The van der Waals surface area contributed by atoms with Crippen LogP contribution in [0.5, 0.6) is 0 Å². The second-order valence-corrected chi connectivity index (χ2v) is 10.9. The highest BCUT2D eigenvalue weighted by Gasteiger charge is 2.41. The van der Waals surface area contributed by atoms with Gasteiger partial charge in [0.1, 0.15) is 5.82 Å². The summed E-state index contributed by atoms with van der Waals surface area (Å²) in [4.78, 5) is 42.2. The number of carbonyl (C=O) groups is 1. The third-order valence-electron chi connectivity index (χ3n) is 8.46. The summed E-state index contributed by atoms with van der Waals surface area (Å²) in [6, 6.07) is 3.31. The Morgan fingerprint density at radius 2 is 1.84 bits per heavy atom. The summed E-state index contributed by atoms with van der Waals surface area (Å²) in [5.74, 6) is -0.848. The van der Waals surface area contributed by atoms with Gasteiger partial charge < -0.3 is 24.8 Å². The number of rotatable bonds is 6. The highest BCUT2D eigenvalue weighted by molar-refractivity contribution is 6.07. The van der Waals surface area contributed by atoms with E-state index in [4.69, 9.17) is 4.74 Å². The van der Waals surface area contributed by atoms with Gasteiger partial charge in [-0.1, -0.05) is 6.92 Å². The predicted molar refractivity (Wildman–Crippen MR) is 152 cm³/mol. The molecular formula is C29H31F4N7O3. The molecule has 0 bridgehead atoms. The zero-order chi connectivity index (χ0) is 30.3. The average molecular weight is 602 g/mol. The lowest BCUT2D eigenvalue weighted by Crippen LogP contribution is -2.37. The summed E-state index contributed by atoms with van der Waals surface area (Å²) in [5, 5.41) is 2.58. The van der Waals surface area contributed by atoms with E-state index in [0.717, 1.165) is 25.7 Å². The molecular weight excluding hydrogens is 570 g/mol. The molecule has 2 N–H and O–H groups in total. The van der Waals surface area contributed by atoms with E-state index in [1.54, 1.807) is 0 Å². The van der Waals surface area contributed by atoms with Crippen LogP contribution in [-0.2, 0) is 10.9 Å². The number of likely N-dealkylation sites (tertiary alicyclic amines) is 1. The van der Waals surface area contributed by atoms with Crippen LogP contribution >= 0.6 is 0 Å². The minimum atomic E-state index is -4.94. The SMILES string of the molecule is CCN1CCC2CN(c3cc(F)c(-c4cnc(N5CCOCC5)nc4)cc3NC(=O)c3c[nH]c(=O)cc3C(F)(F)F)CC21. The number of anilines is 3. The largest absolute Gasteiger partial charge is 0.417 e. The Morgan fingerprint density at radius 3 is 2.53 bits per heavy atom. The second kappa shape index (κ2) is 11.6. The third kappa shape index (κ3) is 5.80. The van der Waals surface area contributed by atoms with Gasteiger partial charge in [0.05, 0.1) is 35.7 Å². The molecule has 2 aromatic heterocycles. The van der Waals surface area contributed by atoms with Crippen LogP contribution in [0.1, 0.15) is 29.3 Å². The van der Waals surface area contributed by atoms with Gasteiger partial charge in [0.2, 0.25) is 11.5 Å². The number of nitrogens with zero attached hydrogens (tertiary/aromatic N) is 5. The predicted octanol–water partition coefficient (Wildman–Crippen LogP) is 3.61. The Balaban J connectivity index is 1.37. The number of amides is 1. The van der Waals surface area contributed by atoms with Gasteiger partial charge in [0.15, 0.2) is 0 Å². The minimum Gasteiger partial charge on any atom is -0.378 e. The van der Waals surface area contributed by atoms with Gasteiger partial charge in [-0.05, 0) is 37.6 Å². The van der Waals surface area contributed by atoms with E-state index in [1.165, 1.54) is 24.5 Å².